The van der Waals surface area contributed by atoms with Crippen molar-refractivity contribution >= 4 is 50.7 Å². The fourth-order valence-corrected chi connectivity index (χ4v) is 3.22. The van der Waals surface area contributed by atoms with E-state index in [9.17, 15) is 22.8 Å². The van der Waals surface area contributed by atoms with Crippen molar-refractivity contribution in [2.75, 3.05) is 19.4 Å². The normalized spacial score (nSPS) is 20.6. The molecular formula is C10H12N6O7S2. The Morgan fingerprint density at radius 2 is 2.32 bits per heavy atom. The Hall–Kier alpha value is -2.78. The standard InChI is InChI=1S/C10H12N6O7S2/c1-23-15-6(5-2-24-9(11)13-5)7(18)14-10(12-4-17)3-16(8(10)19)25(20,21)22/h2,4H,3H2,1H3,(H2,11,13)(H,12,17)(H,14,18)(H,20,21,22)/t10-/m0/s1. The minimum atomic E-state index is -4.83. The van der Waals surface area contributed by atoms with Crippen molar-refractivity contribution in [1.29, 1.82) is 0 Å². The summed E-state index contributed by atoms with van der Waals surface area (Å²) in [6.45, 7) is -0.714. The number of β-lactam (4-membered cyclic amide) rings is 1. The fraction of sp³-hybridized carbons (Fsp3) is 0.300. The van der Waals surface area contributed by atoms with Crippen molar-refractivity contribution in [3.63, 3.8) is 0 Å². The molecule has 25 heavy (non-hydrogen) atoms. The van der Waals surface area contributed by atoms with Crippen LogP contribution in [0.1, 0.15) is 5.69 Å². The van der Waals surface area contributed by atoms with Crippen LogP contribution in [0, 0.1) is 0 Å². The number of hydrogen-bond acceptors (Lipinski definition) is 10. The number of hydrogen-bond donors (Lipinski definition) is 4. The molecule has 0 radical (unpaired) electrons. The summed E-state index contributed by atoms with van der Waals surface area (Å²) in [4.78, 5) is 43.5. The summed E-state index contributed by atoms with van der Waals surface area (Å²) >= 11 is 1.02. The first kappa shape index (κ1) is 18.6. The molecule has 2 rings (SSSR count). The molecule has 0 unspecified atom stereocenters. The Balaban J connectivity index is 2.28. The highest BCUT2D eigenvalue weighted by molar-refractivity contribution is 7.84. The van der Waals surface area contributed by atoms with Crippen molar-refractivity contribution in [3.05, 3.63) is 11.1 Å². The summed E-state index contributed by atoms with van der Waals surface area (Å²) in [5, 5.41) is 9.19. The number of thiazole rings is 1. The molecule has 1 atom stereocenters. The molecule has 0 aromatic carbocycles. The third-order valence-electron chi connectivity index (χ3n) is 3.05. The molecule has 1 aromatic rings. The second-order valence-electron chi connectivity index (χ2n) is 4.60. The fourth-order valence-electron chi connectivity index (χ4n) is 1.95. The van der Waals surface area contributed by atoms with E-state index in [-0.39, 0.29) is 27.3 Å². The predicted molar refractivity (Wildman–Crippen MR) is 83.4 cm³/mol. The number of nitrogens with one attached hydrogen (secondary N) is 2. The molecule has 5 N–H and O–H groups in total. The Kier molecular flexibility index (Phi) is 4.91. The van der Waals surface area contributed by atoms with E-state index in [1.54, 1.807) is 0 Å². The molecule has 1 saturated heterocycles. The third kappa shape index (κ3) is 3.52. The van der Waals surface area contributed by atoms with E-state index in [1.807, 2.05) is 5.32 Å². The first-order valence-electron chi connectivity index (χ1n) is 6.30. The summed E-state index contributed by atoms with van der Waals surface area (Å²) in [5.74, 6) is -2.25. The Morgan fingerprint density at radius 1 is 1.64 bits per heavy atom. The van der Waals surface area contributed by atoms with E-state index in [2.05, 4.69) is 20.3 Å². The van der Waals surface area contributed by atoms with Crippen molar-refractivity contribution < 1.29 is 32.2 Å². The summed E-state index contributed by atoms with van der Waals surface area (Å²) in [5.41, 5.74) is 3.10. The average Bonchev–Trinajstić information content (AvgIpc) is 2.94. The van der Waals surface area contributed by atoms with E-state index in [1.165, 1.54) is 5.38 Å². The lowest BCUT2D eigenvalue weighted by Crippen LogP contribution is -2.81. The van der Waals surface area contributed by atoms with Gasteiger partial charge in [0.2, 0.25) is 12.1 Å². The highest BCUT2D eigenvalue weighted by Gasteiger charge is 2.58. The number of nitrogen functional groups attached to an aromatic ring is 1. The zero-order chi connectivity index (χ0) is 18.8. The summed E-state index contributed by atoms with van der Waals surface area (Å²) in [6, 6.07) is 0. The minimum Gasteiger partial charge on any atom is -0.398 e. The van der Waals surface area contributed by atoms with Crippen LogP contribution in [0.4, 0.5) is 5.13 Å². The van der Waals surface area contributed by atoms with Gasteiger partial charge in [-0.2, -0.15) is 8.42 Å². The van der Waals surface area contributed by atoms with Gasteiger partial charge in [0.05, 0.1) is 6.54 Å². The highest BCUT2D eigenvalue weighted by Crippen LogP contribution is 2.23. The average molecular weight is 392 g/mol. The van der Waals surface area contributed by atoms with Crippen LogP contribution >= 0.6 is 11.3 Å². The van der Waals surface area contributed by atoms with Crippen molar-refractivity contribution in [2.45, 2.75) is 5.66 Å². The molecule has 2 heterocycles. The van der Waals surface area contributed by atoms with E-state index in [0.29, 0.717) is 0 Å². The number of oxime groups is 1. The van der Waals surface area contributed by atoms with E-state index < -0.39 is 34.3 Å². The van der Waals surface area contributed by atoms with Crippen molar-refractivity contribution in [3.8, 4) is 0 Å². The zero-order valence-electron chi connectivity index (χ0n) is 12.5. The molecule has 0 bridgehead atoms. The largest absolute Gasteiger partial charge is 0.398 e. The maximum absolute atomic E-state index is 12.4. The van der Waals surface area contributed by atoms with E-state index in [0.717, 1.165) is 18.4 Å². The van der Waals surface area contributed by atoms with Gasteiger partial charge in [-0.1, -0.05) is 5.16 Å². The summed E-state index contributed by atoms with van der Waals surface area (Å²) in [7, 11) is -3.66. The Morgan fingerprint density at radius 3 is 2.76 bits per heavy atom. The van der Waals surface area contributed by atoms with Gasteiger partial charge in [0.25, 0.3) is 11.8 Å². The van der Waals surface area contributed by atoms with Crippen LogP contribution in [-0.4, -0.2) is 65.5 Å². The minimum absolute atomic E-state index is 0.0431. The first-order chi connectivity index (χ1) is 11.6. The molecule has 0 spiro atoms. The molecular weight excluding hydrogens is 380 g/mol. The van der Waals surface area contributed by atoms with Crippen LogP contribution in [0.3, 0.4) is 0 Å². The summed E-state index contributed by atoms with van der Waals surface area (Å²) in [6.07, 6.45) is 0.0908. The molecule has 1 aliphatic rings. The Labute approximate surface area is 144 Å². The van der Waals surface area contributed by atoms with Gasteiger partial charge in [-0.05, 0) is 0 Å². The van der Waals surface area contributed by atoms with Crippen LogP contribution in [0.15, 0.2) is 10.5 Å². The predicted octanol–water partition coefficient (Wildman–Crippen LogP) is -2.72. The molecule has 13 nitrogen and oxygen atoms in total. The van der Waals surface area contributed by atoms with Gasteiger partial charge in [0, 0.05) is 5.38 Å². The second-order valence-corrected chi connectivity index (χ2v) is 6.83. The molecule has 0 aliphatic carbocycles. The second kappa shape index (κ2) is 6.61. The number of rotatable bonds is 7. The number of amides is 3. The number of anilines is 1. The van der Waals surface area contributed by atoms with Gasteiger partial charge >= 0.3 is 10.3 Å². The molecule has 136 valence electrons. The zero-order valence-corrected chi connectivity index (χ0v) is 14.1. The van der Waals surface area contributed by atoms with E-state index in [4.69, 9.17) is 10.3 Å². The van der Waals surface area contributed by atoms with Crippen LogP contribution in [0.25, 0.3) is 0 Å². The topological polar surface area (TPSA) is 193 Å². The molecule has 0 saturated carbocycles. The van der Waals surface area contributed by atoms with Crippen LogP contribution in [0.5, 0.6) is 0 Å². The van der Waals surface area contributed by atoms with Crippen LogP contribution in [-0.2, 0) is 29.5 Å². The lowest BCUT2D eigenvalue weighted by molar-refractivity contribution is -0.151. The van der Waals surface area contributed by atoms with E-state index >= 15 is 0 Å². The number of nitrogens with two attached hydrogens (primary N) is 1. The maximum atomic E-state index is 12.4. The van der Waals surface area contributed by atoms with Gasteiger partial charge in [0.15, 0.2) is 10.8 Å². The summed E-state index contributed by atoms with van der Waals surface area (Å²) < 4.78 is 31.0. The van der Waals surface area contributed by atoms with Crippen LogP contribution < -0.4 is 16.4 Å². The molecule has 3 amide bonds. The van der Waals surface area contributed by atoms with Crippen molar-refractivity contribution in [2.24, 2.45) is 5.16 Å². The van der Waals surface area contributed by atoms with Crippen molar-refractivity contribution in [1.82, 2.24) is 19.9 Å². The highest BCUT2D eigenvalue weighted by atomic mass is 32.2. The molecule has 1 fully saturated rings. The van der Waals surface area contributed by atoms with Crippen LogP contribution in [0.2, 0.25) is 0 Å². The van der Waals surface area contributed by atoms with Gasteiger partial charge in [-0.15, -0.1) is 11.3 Å². The maximum Gasteiger partial charge on any atom is 0.362 e. The Bertz CT molecular complexity index is 850. The number of carbonyl (C=O) groups is 3. The number of carbonyl (C=O) groups excluding carboxylic acids is 3. The third-order valence-corrected chi connectivity index (χ3v) is 4.57. The lowest BCUT2D eigenvalue weighted by atomic mass is 10.0. The molecule has 1 aromatic heterocycles. The quantitative estimate of drug-likeness (QED) is 0.0952. The smallest absolute Gasteiger partial charge is 0.362 e. The monoisotopic (exact) mass is 392 g/mol. The van der Waals surface area contributed by atoms with Gasteiger partial charge in [-0.25, -0.2) is 9.29 Å². The number of aromatic nitrogens is 1. The lowest BCUT2D eigenvalue weighted by Gasteiger charge is -2.45. The first-order valence-corrected chi connectivity index (χ1v) is 8.58. The van der Waals surface area contributed by atoms with Gasteiger partial charge < -0.3 is 21.2 Å². The van der Waals surface area contributed by atoms with Gasteiger partial charge in [0.1, 0.15) is 12.8 Å². The number of nitrogens with zero attached hydrogens (tertiary/aromatic N) is 3. The van der Waals surface area contributed by atoms with Gasteiger partial charge in [-0.3, -0.25) is 18.9 Å². The molecule has 15 heteroatoms. The molecule has 1 aliphatic heterocycles. The SMILES string of the molecule is CON=C(C(=O)N[C@@]1(NC=O)CN(S(=O)(=O)O)C1=O)c1csc(N)n1.